The molecule has 0 radical (unpaired) electrons. The molecular formula is C34H22N2O4. The van der Waals surface area contributed by atoms with E-state index >= 15 is 0 Å². The summed E-state index contributed by atoms with van der Waals surface area (Å²) in [5, 5.41) is 0. The monoisotopic (exact) mass is 522 g/mol. The van der Waals surface area contributed by atoms with Gasteiger partial charge >= 0.3 is 11.9 Å². The largest absolute Gasteiger partial charge is 0.423 e. The van der Waals surface area contributed by atoms with Crippen LogP contribution in [0, 0.1) is 0 Å². The number of carbonyl (C=O) groups is 2. The van der Waals surface area contributed by atoms with Gasteiger partial charge in [-0.3, -0.25) is 0 Å². The minimum absolute atomic E-state index is 0.421. The average Bonchev–Trinajstić information content (AvgIpc) is 3.01. The van der Waals surface area contributed by atoms with Gasteiger partial charge in [0.2, 0.25) is 0 Å². The van der Waals surface area contributed by atoms with Crippen LogP contribution in [-0.2, 0) is 0 Å². The number of carbonyl (C=O) groups excluding carboxylic acids is 2. The zero-order chi connectivity index (χ0) is 27.3. The fraction of sp³-hybridized carbons (Fsp3) is 0. The van der Waals surface area contributed by atoms with Crippen molar-refractivity contribution in [2.24, 2.45) is 0 Å². The predicted octanol–water partition coefficient (Wildman–Crippen LogP) is 7.40. The maximum Gasteiger partial charge on any atom is 0.343 e. The number of fused-ring (bicyclic) bond motifs is 1. The molecule has 6 rings (SSSR count). The molecule has 1 aromatic heterocycles. The maximum atomic E-state index is 12.6. The highest BCUT2D eigenvalue weighted by molar-refractivity contribution is 5.94. The van der Waals surface area contributed by atoms with Crippen molar-refractivity contribution >= 4 is 23.0 Å². The summed E-state index contributed by atoms with van der Waals surface area (Å²) in [6.07, 6.45) is 0. The lowest BCUT2D eigenvalue weighted by molar-refractivity contribution is 0.0725. The van der Waals surface area contributed by atoms with Crippen LogP contribution in [0.15, 0.2) is 133 Å². The molecule has 0 amide bonds. The van der Waals surface area contributed by atoms with Crippen LogP contribution in [0.5, 0.6) is 11.5 Å². The lowest BCUT2D eigenvalue weighted by Gasteiger charge is -2.12. The Bertz CT molecular complexity index is 1670. The van der Waals surface area contributed by atoms with Crippen molar-refractivity contribution in [3.8, 4) is 34.0 Å². The van der Waals surface area contributed by atoms with E-state index in [1.54, 1.807) is 48.5 Å². The Morgan fingerprint density at radius 3 is 1.15 bits per heavy atom. The SMILES string of the molecule is O=C(Oc1ccccc1)c1ccc(-c2nc3ccccc3nc2-c2ccc(C(=O)Oc3ccccc3)cc2)cc1. The van der Waals surface area contributed by atoms with E-state index in [0.717, 1.165) is 22.2 Å². The summed E-state index contributed by atoms with van der Waals surface area (Å²) < 4.78 is 10.9. The smallest absolute Gasteiger partial charge is 0.343 e. The third-order valence-electron chi connectivity index (χ3n) is 6.27. The molecule has 0 aliphatic carbocycles. The molecule has 40 heavy (non-hydrogen) atoms. The van der Waals surface area contributed by atoms with Gasteiger partial charge in [0.05, 0.1) is 33.5 Å². The molecule has 192 valence electrons. The number of hydrogen-bond acceptors (Lipinski definition) is 6. The van der Waals surface area contributed by atoms with Crippen molar-refractivity contribution in [1.82, 2.24) is 9.97 Å². The molecule has 0 N–H and O–H groups in total. The van der Waals surface area contributed by atoms with Crippen LogP contribution in [-0.4, -0.2) is 21.9 Å². The summed E-state index contributed by atoms with van der Waals surface area (Å²) in [7, 11) is 0. The van der Waals surface area contributed by atoms with Gasteiger partial charge in [0, 0.05) is 11.1 Å². The van der Waals surface area contributed by atoms with E-state index < -0.39 is 11.9 Å². The first-order chi connectivity index (χ1) is 19.6. The molecule has 0 unspecified atom stereocenters. The van der Waals surface area contributed by atoms with Crippen molar-refractivity contribution in [1.29, 1.82) is 0 Å². The zero-order valence-corrected chi connectivity index (χ0v) is 21.2. The first-order valence-electron chi connectivity index (χ1n) is 12.7. The molecule has 0 fully saturated rings. The Kier molecular flexibility index (Phi) is 6.80. The number of esters is 2. The summed E-state index contributed by atoms with van der Waals surface area (Å²) in [5.41, 5.74) is 5.22. The van der Waals surface area contributed by atoms with Crippen LogP contribution in [0.3, 0.4) is 0 Å². The van der Waals surface area contributed by atoms with E-state index in [0.29, 0.717) is 34.0 Å². The number of nitrogens with zero attached hydrogens (tertiary/aromatic N) is 2. The molecule has 0 atom stereocenters. The van der Waals surface area contributed by atoms with Crippen molar-refractivity contribution in [3.63, 3.8) is 0 Å². The fourth-order valence-corrected chi connectivity index (χ4v) is 4.24. The van der Waals surface area contributed by atoms with Gasteiger partial charge in [0.15, 0.2) is 0 Å². The van der Waals surface area contributed by atoms with Gasteiger partial charge in [-0.1, -0.05) is 72.8 Å². The van der Waals surface area contributed by atoms with E-state index in [9.17, 15) is 9.59 Å². The first kappa shape index (κ1) is 24.7. The van der Waals surface area contributed by atoms with E-state index in [2.05, 4.69) is 0 Å². The summed E-state index contributed by atoms with van der Waals surface area (Å²) >= 11 is 0. The van der Waals surface area contributed by atoms with Crippen molar-refractivity contribution in [2.75, 3.05) is 0 Å². The Hall–Kier alpha value is -5.62. The van der Waals surface area contributed by atoms with Gasteiger partial charge in [-0.25, -0.2) is 19.6 Å². The Morgan fingerprint density at radius 2 is 0.775 bits per heavy atom. The van der Waals surface area contributed by atoms with Crippen LogP contribution in [0.4, 0.5) is 0 Å². The number of aromatic nitrogens is 2. The molecule has 6 aromatic rings. The summed E-state index contributed by atoms with van der Waals surface area (Å²) in [5.74, 6) is 0.0757. The Balaban J connectivity index is 1.31. The fourth-order valence-electron chi connectivity index (χ4n) is 4.24. The molecule has 0 saturated carbocycles. The number of para-hydroxylation sites is 4. The van der Waals surface area contributed by atoms with Crippen LogP contribution in [0.2, 0.25) is 0 Å². The van der Waals surface area contributed by atoms with Gasteiger partial charge in [-0.15, -0.1) is 0 Å². The molecule has 5 aromatic carbocycles. The van der Waals surface area contributed by atoms with E-state index in [4.69, 9.17) is 19.4 Å². The highest BCUT2D eigenvalue weighted by atomic mass is 16.5. The third kappa shape index (κ3) is 5.33. The lowest BCUT2D eigenvalue weighted by Crippen LogP contribution is -2.08. The molecule has 6 heteroatoms. The first-order valence-corrected chi connectivity index (χ1v) is 12.7. The summed E-state index contributed by atoms with van der Waals surface area (Å²) in [6.45, 7) is 0. The van der Waals surface area contributed by atoms with Gasteiger partial charge in [0.1, 0.15) is 11.5 Å². The van der Waals surface area contributed by atoms with Gasteiger partial charge in [0.25, 0.3) is 0 Å². The standard InChI is InChI=1S/C34H22N2O4/c37-33(39-27-9-3-1-4-10-27)25-19-15-23(16-20-25)31-32(36-30-14-8-7-13-29(30)35-31)24-17-21-26(22-18-24)34(38)40-28-11-5-2-6-12-28/h1-22H. The number of hydrogen-bond donors (Lipinski definition) is 0. The van der Waals surface area contributed by atoms with Crippen LogP contribution >= 0.6 is 0 Å². The van der Waals surface area contributed by atoms with E-state index in [1.165, 1.54) is 0 Å². The second-order valence-corrected chi connectivity index (χ2v) is 8.97. The Labute approximate surface area is 230 Å². The van der Waals surface area contributed by atoms with Crippen LogP contribution < -0.4 is 9.47 Å². The normalized spacial score (nSPS) is 10.7. The van der Waals surface area contributed by atoms with Crippen molar-refractivity contribution < 1.29 is 19.1 Å². The maximum absolute atomic E-state index is 12.6. The molecule has 0 aliphatic heterocycles. The minimum atomic E-state index is -0.444. The molecule has 0 saturated heterocycles. The molecule has 0 aliphatic rings. The third-order valence-corrected chi connectivity index (χ3v) is 6.27. The zero-order valence-electron chi connectivity index (χ0n) is 21.2. The predicted molar refractivity (Wildman–Crippen MR) is 153 cm³/mol. The number of rotatable bonds is 6. The average molecular weight is 523 g/mol. The number of benzene rings is 5. The molecule has 0 bridgehead atoms. The quantitative estimate of drug-likeness (QED) is 0.168. The minimum Gasteiger partial charge on any atom is -0.423 e. The number of ether oxygens (including phenoxy) is 2. The van der Waals surface area contributed by atoms with Crippen LogP contribution in [0.1, 0.15) is 20.7 Å². The highest BCUT2D eigenvalue weighted by Crippen LogP contribution is 2.31. The summed E-state index contributed by atoms with van der Waals surface area (Å²) in [4.78, 5) is 35.1. The lowest BCUT2D eigenvalue weighted by atomic mass is 10.0. The van der Waals surface area contributed by atoms with Gasteiger partial charge in [-0.2, -0.15) is 0 Å². The molecule has 6 nitrogen and oxygen atoms in total. The highest BCUT2D eigenvalue weighted by Gasteiger charge is 2.16. The van der Waals surface area contributed by atoms with Crippen molar-refractivity contribution in [3.05, 3.63) is 145 Å². The topological polar surface area (TPSA) is 78.4 Å². The second kappa shape index (κ2) is 11.0. The van der Waals surface area contributed by atoms with E-state index in [1.807, 2.05) is 84.9 Å². The van der Waals surface area contributed by atoms with Gasteiger partial charge < -0.3 is 9.47 Å². The molecular weight excluding hydrogens is 500 g/mol. The van der Waals surface area contributed by atoms with Crippen molar-refractivity contribution in [2.45, 2.75) is 0 Å². The Morgan fingerprint density at radius 1 is 0.425 bits per heavy atom. The van der Waals surface area contributed by atoms with Gasteiger partial charge in [-0.05, 0) is 60.7 Å². The van der Waals surface area contributed by atoms with Crippen LogP contribution in [0.25, 0.3) is 33.5 Å². The summed E-state index contributed by atoms with van der Waals surface area (Å²) in [6, 6.07) is 39.7. The van der Waals surface area contributed by atoms with E-state index in [-0.39, 0.29) is 0 Å². The second-order valence-electron chi connectivity index (χ2n) is 8.97. The molecule has 1 heterocycles. The molecule has 0 spiro atoms.